The molecule has 0 spiro atoms. The molecule has 1 aromatic heterocycles. The number of nitrogens with one attached hydrogen (secondary N) is 3. The molecule has 0 aliphatic carbocycles. The Labute approximate surface area is 195 Å². The molecule has 34 heavy (non-hydrogen) atoms. The zero-order chi connectivity index (χ0) is 24.7. The van der Waals surface area contributed by atoms with Gasteiger partial charge in [0, 0.05) is 23.5 Å². The lowest BCUT2D eigenvalue weighted by molar-refractivity contribution is -0.143. The van der Waals surface area contributed by atoms with Crippen molar-refractivity contribution in [2.75, 3.05) is 0 Å². The second-order valence-electron chi connectivity index (χ2n) is 7.99. The number of rotatable bonds is 11. The molecule has 1 heterocycles. The van der Waals surface area contributed by atoms with Crippen LogP contribution in [0.4, 0.5) is 0 Å². The number of hydrogen-bond donors (Lipinski definition) is 6. The summed E-state index contributed by atoms with van der Waals surface area (Å²) in [5.74, 6) is -3.61. The van der Waals surface area contributed by atoms with Crippen molar-refractivity contribution in [1.29, 1.82) is 0 Å². The number of hydrogen-bond acceptors (Lipinski definition) is 5. The molecule has 3 atom stereocenters. The fourth-order valence-electron chi connectivity index (χ4n) is 3.64. The topological polar surface area (TPSA) is 180 Å². The average molecular weight is 466 g/mol. The minimum absolute atomic E-state index is 0.0983. The van der Waals surface area contributed by atoms with Crippen LogP contribution in [0.5, 0.6) is 0 Å². The predicted octanol–water partition coefficient (Wildman–Crippen LogP) is 0.210. The maximum absolute atomic E-state index is 12.9. The van der Waals surface area contributed by atoms with Gasteiger partial charge in [0.05, 0.1) is 12.5 Å². The van der Waals surface area contributed by atoms with Crippen LogP contribution in [0.25, 0.3) is 10.9 Å². The lowest BCUT2D eigenvalue weighted by atomic mass is 10.0. The number of aromatic nitrogens is 1. The van der Waals surface area contributed by atoms with Gasteiger partial charge in [-0.15, -0.1) is 0 Å². The van der Waals surface area contributed by atoms with Crippen LogP contribution < -0.4 is 22.1 Å². The lowest BCUT2D eigenvalue weighted by Crippen LogP contribution is -2.56. The number of nitrogens with two attached hydrogens (primary N) is 2. The van der Waals surface area contributed by atoms with E-state index in [1.807, 2.05) is 30.3 Å². The summed E-state index contributed by atoms with van der Waals surface area (Å²) in [5, 5.41) is 15.2. The summed E-state index contributed by atoms with van der Waals surface area (Å²) in [5.41, 5.74) is 13.8. The van der Waals surface area contributed by atoms with Crippen molar-refractivity contribution in [1.82, 2.24) is 15.6 Å². The second-order valence-corrected chi connectivity index (χ2v) is 7.99. The van der Waals surface area contributed by atoms with Crippen LogP contribution in [0.15, 0.2) is 60.8 Å². The Bertz CT molecular complexity index is 1180. The Hall–Kier alpha value is -4.18. The van der Waals surface area contributed by atoms with Crippen LogP contribution in [0.3, 0.4) is 0 Å². The van der Waals surface area contributed by atoms with Crippen molar-refractivity contribution >= 4 is 34.6 Å². The summed E-state index contributed by atoms with van der Waals surface area (Å²) >= 11 is 0. The molecule has 0 saturated heterocycles. The number of para-hydroxylation sites is 1. The van der Waals surface area contributed by atoms with E-state index in [1.165, 1.54) is 0 Å². The standard InChI is InChI=1S/C24H27N5O5/c25-17(11-15-13-27-18-9-5-4-8-16(15)18)22(31)28-19(10-14-6-2-1-3-7-14)23(32)29-20(24(33)34)12-21(26)30/h1-9,13,17,19-20,27H,10-12,25H2,(H2,26,30)(H,28,31)(H,29,32)(H,33,34). The quantitative estimate of drug-likeness (QED) is 0.235. The zero-order valence-corrected chi connectivity index (χ0v) is 18.4. The van der Waals surface area contributed by atoms with E-state index in [-0.39, 0.29) is 12.8 Å². The van der Waals surface area contributed by atoms with Gasteiger partial charge in [-0.2, -0.15) is 0 Å². The first-order valence-electron chi connectivity index (χ1n) is 10.7. The maximum atomic E-state index is 12.9. The van der Waals surface area contributed by atoms with Gasteiger partial charge in [0.1, 0.15) is 12.1 Å². The molecule has 0 aliphatic heterocycles. The Balaban J connectivity index is 1.74. The molecule has 0 saturated carbocycles. The van der Waals surface area contributed by atoms with Gasteiger partial charge in [-0.1, -0.05) is 48.5 Å². The second kappa shape index (κ2) is 11.1. The van der Waals surface area contributed by atoms with Gasteiger partial charge in [0.25, 0.3) is 0 Å². The number of fused-ring (bicyclic) bond motifs is 1. The van der Waals surface area contributed by atoms with Crippen molar-refractivity contribution in [2.24, 2.45) is 11.5 Å². The van der Waals surface area contributed by atoms with E-state index < -0.39 is 48.2 Å². The molecule has 3 aromatic rings. The molecule has 10 heteroatoms. The van der Waals surface area contributed by atoms with Gasteiger partial charge in [0.15, 0.2) is 0 Å². The summed E-state index contributed by atoms with van der Waals surface area (Å²) in [7, 11) is 0. The van der Waals surface area contributed by atoms with Gasteiger partial charge in [0.2, 0.25) is 17.7 Å². The molecule has 10 nitrogen and oxygen atoms in total. The molecule has 0 bridgehead atoms. The van der Waals surface area contributed by atoms with E-state index in [9.17, 15) is 24.3 Å². The van der Waals surface area contributed by atoms with Crippen LogP contribution in [-0.2, 0) is 32.0 Å². The molecule has 3 rings (SSSR count). The van der Waals surface area contributed by atoms with Gasteiger partial charge < -0.3 is 32.2 Å². The Morgan fingerprint density at radius 3 is 2.21 bits per heavy atom. The summed E-state index contributed by atoms with van der Waals surface area (Å²) in [6.45, 7) is 0. The first-order chi connectivity index (χ1) is 16.2. The minimum Gasteiger partial charge on any atom is -0.480 e. The third-order valence-electron chi connectivity index (χ3n) is 5.39. The van der Waals surface area contributed by atoms with Crippen LogP contribution in [-0.4, -0.2) is 51.9 Å². The molecule has 3 amide bonds. The van der Waals surface area contributed by atoms with Gasteiger partial charge in [-0.25, -0.2) is 4.79 Å². The molecule has 2 aromatic carbocycles. The number of H-pyrrole nitrogens is 1. The average Bonchev–Trinajstić information content (AvgIpc) is 3.21. The first-order valence-corrected chi connectivity index (χ1v) is 10.7. The highest BCUT2D eigenvalue weighted by molar-refractivity contribution is 5.93. The van der Waals surface area contributed by atoms with E-state index in [1.54, 1.807) is 30.5 Å². The van der Waals surface area contributed by atoms with E-state index in [4.69, 9.17) is 11.5 Å². The largest absolute Gasteiger partial charge is 0.480 e. The third kappa shape index (κ3) is 6.42. The van der Waals surface area contributed by atoms with Gasteiger partial charge in [-0.3, -0.25) is 14.4 Å². The molecular formula is C24H27N5O5. The van der Waals surface area contributed by atoms with Crippen molar-refractivity contribution in [2.45, 2.75) is 37.4 Å². The van der Waals surface area contributed by atoms with Crippen molar-refractivity contribution in [3.05, 3.63) is 71.9 Å². The molecule has 0 fully saturated rings. The Kier molecular flexibility index (Phi) is 7.99. The van der Waals surface area contributed by atoms with E-state index in [0.717, 1.165) is 22.0 Å². The highest BCUT2D eigenvalue weighted by atomic mass is 16.4. The normalized spacial score (nSPS) is 13.6. The Morgan fingerprint density at radius 1 is 0.882 bits per heavy atom. The number of benzene rings is 2. The van der Waals surface area contributed by atoms with Crippen LogP contribution in [0, 0.1) is 0 Å². The number of carbonyl (C=O) groups is 4. The van der Waals surface area contributed by atoms with E-state index in [2.05, 4.69) is 15.6 Å². The highest BCUT2D eigenvalue weighted by Gasteiger charge is 2.29. The zero-order valence-electron chi connectivity index (χ0n) is 18.4. The van der Waals surface area contributed by atoms with Gasteiger partial charge >= 0.3 is 5.97 Å². The van der Waals surface area contributed by atoms with Crippen LogP contribution in [0.1, 0.15) is 17.5 Å². The predicted molar refractivity (Wildman–Crippen MR) is 125 cm³/mol. The fraction of sp³-hybridized carbons (Fsp3) is 0.250. The van der Waals surface area contributed by atoms with Crippen molar-refractivity contribution < 1.29 is 24.3 Å². The SMILES string of the molecule is NC(=O)CC(NC(=O)C(Cc1ccccc1)NC(=O)C(N)Cc1c[nH]c2ccccc12)C(=O)O. The van der Waals surface area contributed by atoms with Crippen LogP contribution >= 0.6 is 0 Å². The summed E-state index contributed by atoms with van der Waals surface area (Å²) in [6.07, 6.45) is 1.54. The Morgan fingerprint density at radius 2 is 1.53 bits per heavy atom. The highest BCUT2D eigenvalue weighted by Crippen LogP contribution is 2.18. The number of amides is 3. The molecule has 0 radical (unpaired) electrons. The lowest BCUT2D eigenvalue weighted by Gasteiger charge is -2.23. The number of primary amides is 1. The number of aliphatic carboxylic acids is 1. The maximum Gasteiger partial charge on any atom is 0.326 e. The van der Waals surface area contributed by atoms with E-state index >= 15 is 0 Å². The summed E-state index contributed by atoms with van der Waals surface area (Å²) in [6, 6.07) is 12.9. The number of carboxylic acid groups (broad SMARTS) is 1. The molecular weight excluding hydrogens is 438 g/mol. The smallest absolute Gasteiger partial charge is 0.326 e. The molecule has 0 aliphatic rings. The van der Waals surface area contributed by atoms with Crippen molar-refractivity contribution in [3.63, 3.8) is 0 Å². The monoisotopic (exact) mass is 465 g/mol. The van der Waals surface area contributed by atoms with Crippen molar-refractivity contribution in [3.8, 4) is 0 Å². The number of carbonyl (C=O) groups excluding carboxylic acids is 3. The molecule has 8 N–H and O–H groups in total. The number of aromatic amines is 1. The van der Waals surface area contributed by atoms with Gasteiger partial charge in [-0.05, 0) is 23.6 Å². The summed E-state index contributed by atoms with van der Waals surface area (Å²) < 4.78 is 0. The molecule has 178 valence electrons. The molecule has 3 unspecified atom stereocenters. The number of carboxylic acids is 1. The van der Waals surface area contributed by atoms with E-state index in [0.29, 0.717) is 0 Å². The van der Waals surface area contributed by atoms with Crippen LogP contribution in [0.2, 0.25) is 0 Å². The first kappa shape index (κ1) is 24.5. The minimum atomic E-state index is -1.51. The summed E-state index contributed by atoms with van der Waals surface area (Å²) in [4.78, 5) is 51.5. The third-order valence-corrected chi connectivity index (χ3v) is 5.39. The fourth-order valence-corrected chi connectivity index (χ4v) is 3.64.